The van der Waals surface area contributed by atoms with Gasteiger partial charge in [0.15, 0.2) is 0 Å². The van der Waals surface area contributed by atoms with Crippen LogP contribution >= 0.6 is 11.6 Å². The molecule has 0 radical (unpaired) electrons. The number of fused-ring (bicyclic) bond motifs is 1. The molecule has 0 atom stereocenters. The third kappa shape index (κ3) is 5.86. The van der Waals surface area contributed by atoms with E-state index < -0.39 is 0 Å². The fraction of sp³-hybridized carbons (Fsp3) is 0.360. The fourth-order valence-electron chi connectivity index (χ4n) is 3.82. The maximum atomic E-state index is 10.9. The van der Waals surface area contributed by atoms with Crippen molar-refractivity contribution in [2.75, 3.05) is 39.6 Å². The monoisotopic (exact) mass is 469 g/mol. The molecule has 0 saturated carbocycles. The molecule has 1 amide bonds. The van der Waals surface area contributed by atoms with Gasteiger partial charge in [0.1, 0.15) is 11.4 Å². The van der Waals surface area contributed by atoms with Gasteiger partial charge in [-0.15, -0.1) is 0 Å². The predicted molar refractivity (Wildman–Crippen MR) is 137 cm³/mol. The molecule has 33 heavy (non-hydrogen) atoms. The molecule has 0 aliphatic carbocycles. The van der Waals surface area contributed by atoms with Gasteiger partial charge in [0.2, 0.25) is 6.41 Å². The molecular weight excluding hydrogens is 438 g/mol. The van der Waals surface area contributed by atoms with Crippen molar-refractivity contribution in [2.24, 2.45) is 0 Å². The van der Waals surface area contributed by atoms with Gasteiger partial charge in [-0.1, -0.05) is 31.0 Å². The number of hydrogen-bond donors (Lipinski definition) is 3. The number of halogens is 1. The highest BCUT2D eigenvalue weighted by atomic mass is 35.5. The Morgan fingerprint density at radius 1 is 1.30 bits per heavy atom. The molecule has 1 aliphatic heterocycles. The van der Waals surface area contributed by atoms with E-state index in [4.69, 9.17) is 16.3 Å². The highest BCUT2D eigenvalue weighted by Gasteiger charge is 2.15. The molecule has 0 fully saturated rings. The Bertz CT molecular complexity index is 1130. The summed E-state index contributed by atoms with van der Waals surface area (Å²) in [6.07, 6.45) is 7.49. The van der Waals surface area contributed by atoms with Crippen LogP contribution in [0.5, 0.6) is 5.75 Å². The number of hydrogen-bond acceptors (Lipinski definition) is 5. The zero-order chi connectivity index (χ0) is 23.8. The summed E-state index contributed by atoms with van der Waals surface area (Å²) in [6.45, 7) is 3.50. The van der Waals surface area contributed by atoms with Crippen molar-refractivity contribution >= 4 is 46.0 Å². The Balaban J connectivity index is 0.000000968. The first-order valence-corrected chi connectivity index (χ1v) is 11.5. The van der Waals surface area contributed by atoms with E-state index in [9.17, 15) is 4.79 Å². The molecule has 0 spiro atoms. The highest BCUT2D eigenvalue weighted by molar-refractivity contribution is 6.33. The van der Waals surface area contributed by atoms with E-state index in [0.717, 1.165) is 65.9 Å². The number of anilines is 2. The quantitative estimate of drug-likeness (QED) is 0.424. The smallest absolute Gasteiger partial charge is 0.209 e. The van der Waals surface area contributed by atoms with Crippen LogP contribution in [0.2, 0.25) is 5.02 Å². The van der Waals surface area contributed by atoms with E-state index in [2.05, 4.69) is 45.7 Å². The maximum absolute atomic E-state index is 10.9. The number of pyridine rings is 1. The summed E-state index contributed by atoms with van der Waals surface area (Å²) in [4.78, 5) is 20.6. The molecule has 4 rings (SSSR count). The van der Waals surface area contributed by atoms with Gasteiger partial charge in [-0.3, -0.25) is 4.79 Å². The minimum absolute atomic E-state index is 0.636. The molecule has 7 nitrogen and oxygen atoms in total. The molecule has 2 aromatic heterocycles. The van der Waals surface area contributed by atoms with Crippen molar-refractivity contribution < 1.29 is 9.53 Å². The first-order chi connectivity index (χ1) is 16.0. The van der Waals surface area contributed by atoms with Gasteiger partial charge in [0.25, 0.3) is 0 Å². The second-order valence-corrected chi connectivity index (χ2v) is 8.29. The van der Waals surface area contributed by atoms with E-state index in [0.29, 0.717) is 17.3 Å². The number of benzene rings is 1. The SMILES string of the molecule is CCCc1cc(Nc2ccnc3[nH]c(C4=CCN(C=O)CC4)cc23)cc(OC)c1Cl.CNC. The Kier molecular flexibility index (Phi) is 8.74. The lowest BCUT2D eigenvalue weighted by atomic mass is 10.1. The van der Waals surface area contributed by atoms with Crippen molar-refractivity contribution in [1.82, 2.24) is 20.2 Å². The number of nitrogens with one attached hydrogen (secondary N) is 3. The lowest BCUT2D eigenvalue weighted by molar-refractivity contribution is -0.117. The van der Waals surface area contributed by atoms with Crippen LogP contribution in [0.3, 0.4) is 0 Å². The third-order valence-electron chi connectivity index (χ3n) is 5.40. The lowest BCUT2D eigenvalue weighted by Gasteiger charge is -2.21. The molecule has 0 saturated heterocycles. The molecule has 8 heteroatoms. The Morgan fingerprint density at radius 2 is 2.09 bits per heavy atom. The normalized spacial score (nSPS) is 13.2. The van der Waals surface area contributed by atoms with Gasteiger partial charge >= 0.3 is 0 Å². The Hall–Kier alpha value is -3.03. The first kappa shape index (κ1) is 24.6. The number of carbonyl (C=O) groups excluding carboxylic acids is 1. The van der Waals surface area contributed by atoms with Gasteiger partial charge < -0.3 is 25.3 Å². The molecule has 3 N–H and O–H groups in total. The number of aryl methyl sites for hydroxylation is 1. The molecule has 3 heterocycles. The van der Waals surface area contributed by atoms with Crippen molar-refractivity contribution in [2.45, 2.75) is 26.2 Å². The molecule has 0 bridgehead atoms. The Morgan fingerprint density at radius 3 is 2.73 bits per heavy atom. The number of carbonyl (C=O) groups is 1. The third-order valence-corrected chi connectivity index (χ3v) is 5.83. The molecule has 1 aromatic carbocycles. The molecule has 176 valence electrons. The number of aromatic amines is 1. The number of ether oxygens (including phenoxy) is 1. The minimum Gasteiger partial charge on any atom is -0.495 e. The van der Waals surface area contributed by atoms with Crippen LogP contribution in [0.4, 0.5) is 11.4 Å². The summed E-state index contributed by atoms with van der Waals surface area (Å²) in [7, 11) is 5.38. The first-order valence-electron chi connectivity index (χ1n) is 11.1. The standard InChI is InChI=1S/C23H25ClN4O2.C2H7N/c1-3-4-16-11-17(12-21(30-2)22(16)24)26-19-5-8-25-23-18(19)13-20(27-23)15-6-9-28(14-29)10-7-15;1-3-2/h5-6,8,11-14H,3-4,7,9-10H2,1-2H3,(H2,25,26,27);3H,1-2H3. The highest BCUT2D eigenvalue weighted by Crippen LogP contribution is 2.35. The maximum Gasteiger partial charge on any atom is 0.209 e. The number of amides is 1. The number of nitrogens with zero attached hydrogens (tertiary/aromatic N) is 2. The van der Waals surface area contributed by atoms with Gasteiger partial charge in [0, 0.05) is 42.1 Å². The Labute approximate surface area is 200 Å². The van der Waals surface area contributed by atoms with Crippen LogP contribution in [0.15, 0.2) is 36.5 Å². The van der Waals surface area contributed by atoms with Crippen LogP contribution in [0, 0.1) is 0 Å². The number of aromatic nitrogens is 2. The summed E-state index contributed by atoms with van der Waals surface area (Å²) >= 11 is 6.47. The van der Waals surface area contributed by atoms with Crippen LogP contribution in [-0.4, -0.2) is 55.6 Å². The average molecular weight is 470 g/mol. The summed E-state index contributed by atoms with van der Waals surface area (Å²) < 4.78 is 5.47. The van der Waals surface area contributed by atoms with E-state index in [1.165, 1.54) is 5.57 Å². The van der Waals surface area contributed by atoms with Crippen molar-refractivity contribution in [3.63, 3.8) is 0 Å². The number of H-pyrrole nitrogens is 1. The van der Waals surface area contributed by atoms with E-state index >= 15 is 0 Å². The van der Waals surface area contributed by atoms with Crippen LogP contribution in [-0.2, 0) is 11.2 Å². The zero-order valence-corrected chi connectivity index (χ0v) is 20.4. The fourth-order valence-corrected chi connectivity index (χ4v) is 4.10. The van der Waals surface area contributed by atoms with E-state index in [1.54, 1.807) is 18.2 Å². The van der Waals surface area contributed by atoms with E-state index in [1.807, 2.05) is 26.2 Å². The van der Waals surface area contributed by atoms with Gasteiger partial charge in [-0.05, 0) is 56.3 Å². The van der Waals surface area contributed by atoms with Crippen molar-refractivity contribution in [3.8, 4) is 5.75 Å². The zero-order valence-electron chi connectivity index (χ0n) is 19.7. The van der Waals surface area contributed by atoms with Gasteiger partial charge in [-0.2, -0.15) is 0 Å². The van der Waals surface area contributed by atoms with Crippen molar-refractivity contribution in [1.29, 1.82) is 0 Å². The second-order valence-electron chi connectivity index (χ2n) is 7.91. The summed E-state index contributed by atoms with van der Waals surface area (Å²) in [5.41, 5.74) is 6.01. The van der Waals surface area contributed by atoms with Crippen molar-refractivity contribution in [3.05, 3.63) is 52.8 Å². The van der Waals surface area contributed by atoms with Crippen LogP contribution in [0.25, 0.3) is 16.6 Å². The topological polar surface area (TPSA) is 82.3 Å². The average Bonchev–Trinajstić information content (AvgIpc) is 3.27. The molecule has 0 unspecified atom stereocenters. The minimum atomic E-state index is 0.636. The summed E-state index contributed by atoms with van der Waals surface area (Å²) in [5, 5.41) is 7.94. The van der Waals surface area contributed by atoms with Crippen LogP contribution < -0.4 is 15.4 Å². The molecular formula is C25H32ClN5O2. The van der Waals surface area contributed by atoms with Gasteiger partial charge in [-0.25, -0.2) is 4.98 Å². The lowest BCUT2D eigenvalue weighted by Crippen LogP contribution is -2.26. The predicted octanol–water partition coefficient (Wildman–Crippen LogP) is 5.00. The van der Waals surface area contributed by atoms with E-state index in [-0.39, 0.29) is 0 Å². The molecule has 3 aromatic rings. The summed E-state index contributed by atoms with van der Waals surface area (Å²) in [6, 6.07) is 8.07. The number of rotatable bonds is 7. The summed E-state index contributed by atoms with van der Waals surface area (Å²) in [5.74, 6) is 0.664. The second kappa shape index (κ2) is 11.7. The molecule has 1 aliphatic rings. The largest absolute Gasteiger partial charge is 0.495 e. The van der Waals surface area contributed by atoms with Gasteiger partial charge in [0.05, 0.1) is 17.8 Å². The van der Waals surface area contributed by atoms with Crippen LogP contribution in [0.1, 0.15) is 31.0 Å². The number of methoxy groups -OCH3 is 1.